The van der Waals surface area contributed by atoms with Crippen LogP contribution in [0.15, 0.2) is 18.2 Å². The molecular weight excluding hydrogens is 223 g/mol. The normalized spacial score (nSPS) is 12.2. The smallest absolute Gasteiger partial charge is 0.135 e. The van der Waals surface area contributed by atoms with Crippen LogP contribution in [0.2, 0.25) is 0 Å². The Balaban J connectivity index is 2.70. The molecule has 1 aromatic carbocycles. The fourth-order valence-electron chi connectivity index (χ4n) is 1.26. The minimum absolute atomic E-state index is 0.0889. The van der Waals surface area contributed by atoms with Crippen LogP contribution < -0.4 is 11.1 Å². The first kappa shape index (κ1) is 12.9. The Hall–Kier alpha value is -1.16. The Morgan fingerprint density at radius 3 is 2.75 bits per heavy atom. The van der Waals surface area contributed by atoms with Gasteiger partial charge in [-0.15, -0.1) is 0 Å². The minimum Gasteiger partial charge on any atom is -0.389 e. The molecule has 0 spiro atoms. The summed E-state index contributed by atoms with van der Waals surface area (Å²) in [7, 11) is 0. The summed E-state index contributed by atoms with van der Waals surface area (Å²) < 4.78 is 13.5. The predicted octanol–water partition coefficient (Wildman–Crippen LogP) is 2.92. The van der Waals surface area contributed by atoms with Crippen molar-refractivity contribution in [2.45, 2.75) is 20.3 Å². The van der Waals surface area contributed by atoms with Crippen LogP contribution in [0.25, 0.3) is 0 Å². The average Bonchev–Trinajstić information content (AvgIpc) is 2.25. The molecule has 0 heterocycles. The van der Waals surface area contributed by atoms with Gasteiger partial charge in [0.05, 0.1) is 0 Å². The highest BCUT2D eigenvalue weighted by Crippen LogP contribution is 2.15. The van der Waals surface area contributed by atoms with Crippen LogP contribution in [0.3, 0.4) is 0 Å². The van der Waals surface area contributed by atoms with Gasteiger partial charge in [-0.2, -0.15) is 0 Å². The molecule has 0 aliphatic carbocycles. The van der Waals surface area contributed by atoms with Crippen LogP contribution in [0.1, 0.15) is 25.8 Å². The lowest BCUT2D eigenvalue weighted by molar-refractivity contribution is 0.592. The molecular formula is C12H17FN2S. The summed E-state index contributed by atoms with van der Waals surface area (Å²) >= 11 is 4.74. The van der Waals surface area contributed by atoms with Gasteiger partial charge in [0, 0.05) is 17.8 Å². The molecule has 0 aromatic heterocycles. The second kappa shape index (κ2) is 5.80. The summed E-state index contributed by atoms with van der Waals surface area (Å²) in [5.41, 5.74) is 6.44. The molecule has 4 heteroatoms. The van der Waals surface area contributed by atoms with E-state index in [9.17, 15) is 4.39 Å². The van der Waals surface area contributed by atoms with Gasteiger partial charge in [-0.3, -0.25) is 0 Å². The molecule has 0 fully saturated rings. The molecule has 1 aromatic rings. The van der Waals surface area contributed by atoms with E-state index < -0.39 is 0 Å². The maximum Gasteiger partial charge on any atom is 0.135 e. The van der Waals surface area contributed by atoms with E-state index in [-0.39, 0.29) is 10.8 Å². The van der Waals surface area contributed by atoms with E-state index in [2.05, 4.69) is 19.2 Å². The van der Waals surface area contributed by atoms with Gasteiger partial charge in [0.25, 0.3) is 0 Å². The van der Waals surface area contributed by atoms with Crippen molar-refractivity contribution >= 4 is 22.9 Å². The summed E-state index contributed by atoms with van der Waals surface area (Å²) in [5, 5.41) is 3.18. The molecule has 2 nitrogen and oxygen atoms in total. The van der Waals surface area contributed by atoms with Crippen molar-refractivity contribution in [2.75, 3.05) is 11.9 Å². The lowest BCUT2D eigenvalue weighted by Crippen LogP contribution is -2.13. The molecule has 1 atom stereocenters. The number of thiocarbonyl (C=S) groups is 1. The third kappa shape index (κ3) is 3.45. The van der Waals surface area contributed by atoms with Gasteiger partial charge in [-0.05, 0) is 24.1 Å². The largest absolute Gasteiger partial charge is 0.389 e. The van der Waals surface area contributed by atoms with Gasteiger partial charge in [-0.1, -0.05) is 32.5 Å². The molecule has 1 rings (SSSR count). The summed E-state index contributed by atoms with van der Waals surface area (Å²) in [5.74, 6) is 0.194. The van der Waals surface area contributed by atoms with Gasteiger partial charge in [0.2, 0.25) is 0 Å². The van der Waals surface area contributed by atoms with E-state index in [4.69, 9.17) is 18.0 Å². The summed E-state index contributed by atoms with van der Waals surface area (Å²) in [6, 6.07) is 4.83. The van der Waals surface area contributed by atoms with E-state index in [0.717, 1.165) is 18.7 Å². The molecule has 0 aliphatic rings. The van der Waals surface area contributed by atoms with E-state index in [0.29, 0.717) is 11.5 Å². The van der Waals surface area contributed by atoms with E-state index in [1.54, 1.807) is 12.1 Å². The minimum atomic E-state index is -0.373. The van der Waals surface area contributed by atoms with Gasteiger partial charge < -0.3 is 11.1 Å². The predicted molar refractivity (Wildman–Crippen MR) is 70.2 cm³/mol. The van der Waals surface area contributed by atoms with Crippen molar-refractivity contribution in [3.05, 3.63) is 29.6 Å². The first-order chi connectivity index (χ1) is 7.54. The second-order valence-corrected chi connectivity index (χ2v) is 4.39. The first-order valence-corrected chi connectivity index (χ1v) is 5.78. The number of halogens is 1. The highest BCUT2D eigenvalue weighted by Gasteiger charge is 2.06. The molecule has 1 unspecified atom stereocenters. The summed E-state index contributed by atoms with van der Waals surface area (Å²) in [6.45, 7) is 5.11. The van der Waals surface area contributed by atoms with Crippen LogP contribution in [-0.4, -0.2) is 11.5 Å². The van der Waals surface area contributed by atoms with Crippen LogP contribution in [0.4, 0.5) is 10.1 Å². The van der Waals surface area contributed by atoms with Crippen molar-refractivity contribution < 1.29 is 4.39 Å². The molecule has 0 saturated heterocycles. The quantitative estimate of drug-likeness (QED) is 0.777. The Labute approximate surface area is 101 Å². The molecule has 88 valence electrons. The maximum atomic E-state index is 13.5. The van der Waals surface area contributed by atoms with Crippen LogP contribution in [-0.2, 0) is 0 Å². The highest BCUT2D eigenvalue weighted by atomic mass is 32.1. The molecule has 0 bridgehead atoms. The Bertz CT molecular complexity index is 379. The highest BCUT2D eigenvalue weighted by molar-refractivity contribution is 7.80. The van der Waals surface area contributed by atoms with Crippen molar-refractivity contribution in [1.29, 1.82) is 0 Å². The standard InChI is InChI=1S/C12H17FN2S/c1-3-8(2)7-15-9-4-5-10(12(14)16)11(13)6-9/h4-6,8,15H,3,7H2,1-2H3,(H2,14,16). The lowest BCUT2D eigenvalue weighted by Gasteiger charge is -2.12. The van der Waals surface area contributed by atoms with E-state index in [1.807, 2.05) is 0 Å². The van der Waals surface area contributed by atoms with Crippen molar-refractivity contribution in [2.24, 2.45) is 11.7 Å². The van der Waals surface area contributed by atoms with Crippen molar-refractivity contribution in [1.82, 2.24) is 0 Å². The van der Waals surface area contributed by atoms with Gasteiger partial charge in [0.15, 0.2) is 0 Å². The van der Waals surface area contributed by atoms with Crippen molar-refractivity contribution in [3.8, 4) is 0 Å². The number of anilines is 1. The van der Waals surface area contributed by atoms with Crippen LogP contribution in [0.5, 0.6) is 0 Å². The average molecular weight is 240 g/mol. The summed E-state index contributed by atoms with van der Waals surface area (Å²) in [4.78, 5) is 0.0889. The number of hydrogen-bond acceptors (Lipinski definition) is 2. The number of hydrogen-bond donors (Lipinski definition) is 2. The zero-order valence-electron chi connectivity index (χ0n) is 9.59. The third-order valence-corrected chi connectivity index (χ3v) is 2.81. The van der Waals surface area contributed by atoms with Gasteiger partial charge in [-0.25, -0.2) is 4.39 Å². The molecule has 0 aliphatic heterocycles. The Morgan fingerprint density at radius 1 is 1.56 bits per heavy atom. The second-order valence-electron chi connectivity index (χ2n) is 3.95. The van der Waals surface area contributed by atoms with Gasteiger partial charge in [0.1, 0.15) is 10.8 Å². The first-order valence-electron chi connectivity index (χ1n) is 5.37. The molecule has 16 heavy (non-hydrogen) atoms. The SMILES string of the molecule is CCC(C)CNc1ccc(C(N)=S)c(F)c1. The molecule has 0 amide bonds. The summed E-state index contributed by atoms with van der Waals surface area (Å²) in [6.07, 6.45) is 1.10. The lowest BCUT2D eigenvalue weighted by atomic mass is 10.1. The molecule has 3 N–H and O–H groups in total. The van der Waals surface area contributed by atoms with Crippen molar-refractivity contribution in [3.63, 3.8) is 0 Å². The third-order valence-electron chi connectivity index (χ3n) is 2.59. The van der Waals surface area contributed by atoms with E-state index in [1.165, 1.54) is 6.07 Å². The fraction of sp³-hybridized carbons (Fsp3) is 0.417. The van der Waals surface area contributed by atoms with Gasteiger partial charge >= 0.3 is 0 Å². The number of nitrogens with one attached hydrogen (secondary N) is 1. The van der Waals surface area contributed by atoms with Crippen LogP contribution >= 0.6 is 12.2 Å². The molecule has 0 saturated carbocycles. The number of rotatable bonds is 5. The zero-order chi connectivity index (χ0) is 12.1. The Morgan fingerprint density at radius 2 is 2.25 bits per heavy atom. The fourth-order valence-corrected chi connectivity index (χ4v) is 1.43. The van der Waals surface area contributed by atoms with Crippen LogP contribution in [0, 0.1) is 11.7 Å². The Kier molecular flexibility index (Phi) is 4.68. The zero-order valence-corrected chi connectivity index (χ0v) is 10.4. The topological polar surface area (TPSA) is 38.0 Å². The molecule has 0 radical (unpaired) electrons. The van der Waals surface area contributed by atoms with E-state index >= 15 is 0 Å². The monoisotopic (exact) mass is 240 g/mol. The maximum absolute atomic E-state index is 13.5. The number of benzene rings is 1. The number of nitrogens with two attached hydrogens (primary N) is 1.